The molecule has 3 rings (SSSR count). The highest BCUT2D eigenvalue weighted by atomic mass is 14.7. The number of aromatic nitrogens is 2. The van der Waals surface area contributed by atoms with Crippen molar-refractivity contribution in [1.29, 1.82) is 0 Å². The quantitative estimate of drug-likeness (QED) is 0.671. The molecule has 0 fully saturated rings. The first kappa shape index (κ1) is 11.8. The van der Waals surface area contributed by atoms with Gasteiger partial charge >= 0.3 is 0 Å². The second kappa shape index (κ2) is 4.81. The van der Waals surface area contributed by atoms with Crippen LogP contribution in [0.25, 0.3) is 22.2 Å². The summed E-state index contributed by atoms with van der Waals surface area (Å²) in [6.07, 6.45) is 3.78. The molecular formula is C17H16N2. The predicted molar refractivity (Wildman–Crippen MR) is 79.1 cm³/mol. The smallest absolute Gasteiger partial charge is 0.0702 e. The fourth-order valence-corrected chi connectivity index (χ4v) is 2.15. The zero-order valence-electron chi connectivity index (χ0n) is 11.2. The van der Waals surface area contributed by atoms with Gasteiger partial charge in [0.15, 0.2) is 0 Å². The van der Waals surface area contributed by atoms with Crippen molar-refractivity contribution in [3.05, 3.63) is 60.4 Å². The second-order valence-electron chi connectivity index (χ2n) is 5.04. The van der Waals surface area contributed by atoms with Crippen molar-refractivity contribution >= 4 is 10.9 Å². The first-order chi connectivity index (χ1) is 9.24. The van der Waals surface area contributed by atoms with Crippen LogP contribution in [0.1, 0.15) is 25.3 Å². The van der Waals surface area contributed by atoms with Gasteiger partial charge in [0.2, 0.25) is 0 Å². The zero-order valence-corrected chi connectivity index (χ0v) is 11.2. The van der Waals surface area contributed by atoms with Gasteiger partial charge in [-0.25, -0.2) is 0 Å². The van der Waals surface area contributed by atoms with E-state index in [1.54, 1.807) is 0 Å². The molecule has 0 aliphatic carbocycles. The lowest BCUT2D eigenvalue weighted by atomic mass is 10.0. The molecule has 0 spiro atoms. The average molecular weight is 248 g/mol. The number of benzene rings is 1. The van der Waals surface area contributed by atoms with Crippen molar-refractivity contribution in [3.63, 3.8) is 0 Å². The van der Waals surface area contributed by atoms with Crippen LogP contribution in [0.15, 0.2) is 54.9 Å². The summed E-state index contributed by atoms with van der Waals surface area (Å²) in [6.45, 7) is 4.36. The van der Waals surface area contributed by atoms with Crippen LogP contribution < -0.4 is 0 Å². The number of rotatable bonds is 2. The molecule has 0 bridgehead atoms. The van der Waals surface area contributed by atoms with Crippen LogP contribution in [-0.4, -0.2) is 9.97 Å². The molecule has 0 aliphatic heterocycles. The van der Waals surface area contributed by atoms with Gasteiger partial charge in [-0.2, -0.15) is 0 Å². The van der Waals surface area contributed by atoms with E-state index in [4.69, 9.17) is 0 Å². The van der Waals surface area contributed by atoms with Crippen LogP contribution >= 0.6 is 0 Å². The van der Waals surface area contributed by atoms with Gasteiger partial charge in [0.25, 0.3) is 0 Å². The minimum Gasteiger partial charge on any atom is -0.256 e. The first-order valence-corrected chi connectivity index (χ1v) is 6.55. The van der Waals surface area contributed by atoms with Crippen LogP contribution in [0.2, 0.25) is 0 Å². The Morgan fingerprint density at radius 2 is 1.84 bits per heavy atom. The highest BCUT2D eigenvalue weighted by Gasteiger charge is 2.03. The fourth-order valence-electron chi connectivity index (χ4n) is 2.15. The molecular weight excluding hydrogens is 232 g/mol. The molecule has 3 aromatic rings. The van der Waals surface area contributed by atoms with Crippen molar-refractivity contribution in [1.82, 2.24) is 9.97 Å². The van der Waals surface area contributed by atoms with Gasteiger partial charge in [-0.3, -0.25) is 9.97 Å². The van der Waals surface area contributed by atoms with Gasteiger partial charge in [-0.1, -0.05) is 32.0 Å². The van der Waals surface area contributed by atoms with Crippen molar-refractivity contribution in [2.75, 3.05) is 0 Å². The molecule has 2 nitrogen and oxygen atoms in total. The normalized spacial score (nSPS) is 11.1. The van der Waals surface area contributed by atoms with Gasteiger partial charge in [0, 0.05) is 23.3 Å². The third kappa shape index (κ3) is 2.34. The Kier molecular flexibility index (Phi) is 3.00. The van der Waals surface area contributed by atoms with E-state index in [-0.39, 0.29) is 0 Å². The van der Waals surface area contributed by atoms with Gasteiger partial charge < -0.3 is 0 Å². The molecule has 0 saturated heterocycles. The minimum atomic E-state index is 0.516. The molecule has 2 heteroatoms. The summed E-state index contributed by atoms with van der Waals surface area (Å²) in [5.74, 6) is 0.516. The average Bonchev–Trinajstić information content (AvgIpc) is 2.47. The Labute approximate surface area is 113 Å². The first-order valence-electron chi connectivity index (χ1n) is 6.55. The van der Waals surface area contributed by atoms with E-state index in [0.29, 0.717) is 5.92 Å². The summed E-state index contributed by atoms with van der Waals surface area (Å²) < 4.78 is 0. The lowest BCUT2D eigenvalue weighted by Gasteiger charge is -2.07. The topological polar surface area (TPSA) is 25.8 Å². The molecule has 2 heterocycles. The summed E-state index contributed by atoms with van der Waals surface area (Å²) in [5.41, 5.74) is 4.43. The number of nitrogens with zero attached hydrogens (tertiary/aromatic N) is 2. The lowest BCUT2D eigenvalue weighted by Crippen LogP contribution is -1.90. The second-order valence-corrected chi connectivity index (χ2v) is 5.04. The Bertz CT molecular complexity index is 700. The van der Waals surface area contributed by atoms with Gasteiger partial charge in [0.05, 0.1) is 11.2 Å². The molecule has 0 radical (unpaired) electrons. The highest BCUT2D eigenvalue weighted by Crippen LogP contribution is 2.23. The van der Waals surface area contributed by atoms with Crippen molar-refractivity contribution in [2.45, 2.75) is 19.8 Å². The van der Waals surface area contributed by atoms with Crippen LogP contribution in [-0.2, 0) is 0 Å². The molecule has 1 aromatic carbocycles. The van der Waals surface area contributed by atoms with Crippen LogP contribution in [0.5, 0.6) is 0 Å². The Morgan fingerprint density at radius 1 is 0.947 bits per heavy atom. The molecule has 0 saturated carbocycles. The minimum absolute atomic E-state index is 0.516. The SMILES string of the molecule is CC(C)c1ccc(-c2ccc3ncccc3c2)nc1. The van der Waals surface area contributed by atoms with Gasteiger partial charge in [-0.15, -0.1) is 0 Å². The molecule has 19 heavy (non-hydrogen) atoms. The standard InChI is InChI=1S/C17H16N2/c1-12(2)15-6-8-17(19-11-15)14-5-7-16-13(10-14)4-3-9-18-16/h3-12H,1-2H3. The Morgan fingerprint density at radius 3 is 2.58 bits per heavy atom. The molecule has 0 N–H and O–H groups in total. The highest BCUT2D eigenvalue weighted by molar-refractivity contribution is 5.83. The fraction of sp³-hybridized carbons (Fsp3) is 0.176. The zero-order chi connectivity index (χ0) is 13.2. The lowest BCUT2D eigenvalue weighted by molar-refractivity contribution is 0.859. The number of fused-ring (bicyclic) bond motifs is 1. The monoisotopic (exact) mass is 248 g/mol. The van der Waals surface area contributed by atoms with E-state index >= 15 is 0 Å². The summed E-state index contributed by atoms with van der Waals surface area (Å²) >= 11 is 0. The van der Waals surface area contributed by atoms with E-state index in [1.165, 1.54) is 5.56 Å². The van der Waals surface area contributed by atoms with E-state index in [0.717, 1.165) is 22.2 Å². The molecule has 0 unspecified atom stereocenters. The third-order valence-electron chi connectivity index (χ3n) is 3.35. The van der Waals surface area contributed by atoms with Crippen molar-refractivity contribution in [3.8, 4) is 11.3 Å². The van der Waals surface area contributed by atoms with Gasteiger partial charge in [0.1, 0.15) is 0 Å². The summed E-state index contributed by atoms with van der Waals surface area (Å²) in [5, 5.41) is 1.15. The van der Waals surface area contributed by atoms with E-state index in [2.05, 4.69) is 54.1 Å². The molecule has 2 aromatic heterocycles. The largest absolute Gasteiger partial charge is 0.256 e. The van der Waals surface area contributed by atoms with E-state index < -0.39 is 0 Å². The number of hydrogen-bond donors (Lipinski definition) is 0. The van der Waals surface area contributed by atoms with Crippen molar-refractivity contribution < 1.29 is 0 Å². The summed E-state index contributed by atoms with van der Waals surface area (Å²) in [6, 6.07) is 14.5. The maximum Gasteiger partial charge on any atom is 0.0702 e. The molecule has 94 valence electrons. The summed E-state index contributed by atoms with van der Waals surface area (Å²) in [7, 11) is 0. The summed E-state index contributed by atoms with van der Waals surface area (Å²) in [4.78, 5) is 8.89. The molecule has 0 aliphatic rings. The number of hydrogen-bond acceptors (Lipinski definition) is 2. The Hall–Kier alpha value is -2.22. The van der Waals surface area contributed by atoms with E-state index in [1.807, 2.05) is 24.5 Å². The predicted octanol–water partition coefficient (Wildman–Crippen LogP) is 4.42. The maximum absolute atomic E-state index is 4.56. The Balaban J connectivity index is 2.03. The van der Waals surface area contributed by atoms with Crippen molar-refractivity contribution in [2.24, 2.45) is 0 Å². The number of pyridine rings is 2. The van der Waals surface area contributed by atoms with E-state index in [9.17, 15) is 0 Å². The van der Waals surface area contributed by atoms with Crippen LogP contribution in [0.3, 0.4) is 0 Å². The third-order valence-corrected chi connectivity index (χ3v) is 3.35. The van der Waals surface area contributed by atoms with Gasteiger partial charge in [-0.05, 0) is 35.7 Å². The molecule has 0 amide bonds. The van der Waals surface area contributed by atoms with Crippen LogP contribution in [0, 0.1) is 0 Å². The van der Waals surface area contributed by atoms with Crippen LogP contribution in [0.4, 0.5) is 0 Å². The molecule has 0 atom stereocenters. The maximum atomic E-state index is 4.56.